The lowest BCUT2D eigenvalue weighted by atomic mass is 10.2. The Balaban J connectivity index is 2.13. The van der Waals surface area contributed by atoms with E-state index in [2.05, 4.69) is 10.6 Å². The summed E-state index contributed by atoms with van der Waals surface area (Å²) in [5, 5.41) is 6.37. The van der Waals surface area contributed by atoms with Crippen LogP contribution < -0.4 is 10.6 Å². The average molecular weight is 353 g/mol. The van der Waals surface area contributed by atoms with Crippen molar-refractivity contribution in [1.82, 2.24) is 0 Å². The van der Waals surface area contributed by atoms with Gasteiger partial charge in [-0.2, -0.15) is 0 Å². The molecule has 0 atom stereocenters. The normalized spacial score (nSPS) is 10.2. The standard InChI is InChI=1S/C16H17ClN2O3S/c1-3-12-9-13(15(20)22-4-2)14(23-12)19-16(21)18-11-7-5-6-10(17)8-11/h5-9H,3-4H2,1-2H3,(H2,18,19,21). The number of halogens is 1. The lowest BCUT2D eigenvalue weighted by molar-refractivity contribution is 0.0528. The Hall–Kier alpha value is -2.05. The Morgan fingerprint density at radius 2 is 2.00 bits per heavy atom. The number of aryl methyl sites for hydroxylation is 1. The minimum atomic E-state index is -0.443. The van der Waals surface area contributed by atoms with Crippen molar-refractivity contribution >= 4 is 45.6 Å². The summed E-state index contributed by atoms with van der Waals surface area (Å²) in [4.78, 5) is 25.1. The third-order valence-electron chi connectivity index (χ3n) is 2.94. The van der Waals surface area contributed by atoms with E-state index in [9.17, 15) is 9.59 Å². The van der Waals surface area contributed by atoms with Gasteiger partial charge in [-0.3, -0.25) is 5.32 Å². The zero-order valence-electron chi connectivity index (χ0n) is 12.8. The van der Waals surface area contributed by atoms with Crippen LogP contribution in [0.1, 0.15) is 29.1 Å². The minimum absolute atomic E-state index is 0.282. The van der Waals surface area contributed by atoms with Crippen LogP contribution in [0.4, 0.5) is 15.5 Å². The van der Waals surface area contributed by atoms with Crippen LogP contribution in [-0.4, -0.2) is 18.6 Å². The highest BCUT2D eigenvalue weighted by atomic mass is 35.5. The monoisotopic (exact) mass is 352 g/mol. The van der Waals surface area contributed by atoms with Gasteiger partial charge in [0.05, 0.1) is 12.2 Å². The summed E-state index contributed by atoms with van der Waals surface area (Å²) in [5.74, 6) is -0.443. The van der Waals surface area contributed by atoms with Crippen molar-refractivity contribution in [3.63, 3.8) is 0 Å². The first kappa shape index (κ1) is 17.3. The molecule has 0 unspecified atom stereocenters. The molecule has 2 amide bonds. The minimum Gasteiger partial charge on any atom is -0.462 e. The second-order valence-corrected chi connectivity index (χ2v) is 6.19. The Bertz CT molecular complexity index is 715. The first-order valence-corrected chi connectivity index (χ1v) is 8.36. The molecule has 0 saturated heterocycles. The van der Waals surface area contributed by atoms with Crippen LogP contribution in [0.25, 0.3) is 0 Å². The Morgan fingerprint density at radius 3 is 2.65 bits per heavy atom. The van der Waals surface area contributed by atoms with Gasteiger partial charge in [0.1, 0.15) is 5.00 Å². The zero-order chi connectivity index (χ0) is 16.8. The first-order chi connectivity index (χ1) is 11.0. The fourth-order valence-electron chi connectivity index (χ4n) is 1.90. The molecule has 23 heavy (non-hydrogen) atoms. The first-order valence-electron chi connectivity index (χ1n) is 7.16. The van der Waals surface area contributed by atoms with Crippen molar-refractivity contribution in [3.8, 4) is 0 Å². The Morgan fingerprint density at radius 1 is 1.22 bits per heavy atom. The van der Waals surface area contributed by atoms with Gasteiger partial charge < -0.3 is 10.1 Å². The summed E-state index contributed by atoms with van der Waals surface area (Å²) in [5.41, 5.74) is 0.940. The fraction of sp³-hybridized carbons (Fsp3) is 0.250. The van der Waals surface area contributed by atoms with Crippen LogP contribution in [0.15, 0.2) is 30.3 Å². The van der Waals surface area contributed by atoms with Crippen LogP contribution in [-0.2, 0) is 11.2 Å². The van der Waals surface area contributed by atoms with Crippen molar-refractivity contribution in [2.24, 2.45) is 0 Å². The Kier molecular flexibility index (Phi) is 6.01. The highest BCUT2D eigenvalue weighted by Gasteiger charge is 2.18. The SMILES string of the molecule is CCOC(=O)c1cc(CC)sc1NC(=O)Nc1cccc(Cl)c1. The molecule has 7 heteroatoms. The molecule has 1 heterocycles. The topological polar surface area (TPSA) is 67.4 Å². The smallest absolute Gasteiger partial charge is 0.341 e. The summed E-state index contributed by atoms with van der Waals surface area (Å²) >= 11 is 7.24. The van der Waals surface area contributed by atoms with E-state index in [-0.39, 0.29) is 6.61 Å². The third kappa shape index (κ3) is 4.71. The van der Waals surface area contributed by atoms with E-state index in [0.717, 1.165) is 11.3 Å². The number of carbonyl (C=O) groups is 2. The third-order valence-corrected chi connectivity index (χ3v) is 4.37. The zero-order valence-corrected chi connectivity index (χ0v) is 14.4. The highest BCUT2D eigenvalue weighted by molar-refractivity contribution is 7.16. The number of ether oxygens (including phenoxy) is 1. The molecule has 122 valence electrons. The second kappa shape index (κ2) is 7.99. The number of rotatable bonds is 5. The molecule has 1 aromatic heterocycles. The number of esters is 1. The van der Waals surface area contributed by atoms with Gasteiger partial charge in [0, 0.05) is 15.6 Å². The molecule has 0 saturated carbocycles. The molecule has 0 fully saturated rings. The van der Waals surface area contributed by atoms with E-state index in [1.807, 2.05) is 6.92 Å². The second-order valence-electron chi connectivity index (χ2n) is 4.62. The lowest BCUT2D eigenvalue weighted by Crippen LogP contribution is -2.20. The van der Waals surface area contributed by atoms with Crippen molar-refractivity contribution < 1.29 is 14.3 Å². The van der Waals surface area contributed by atoms with Crippen LogP contribution in [0.5, 0.6) is 0 Å². The quantitative estimate of drug-likeness (QED) is 0.760. The van der Waals surface area contributed by atoms with E-state index in [4.69, 9.17) is 16.3 Å². The summed E-state index contributed by atoms with van der Waals surface area (Å²) in [6.07, 6.45) is 0.772. The summed E-state index contributed by atoms with van der Waals surface area (Å²) < 4.78 is 5.02. The van der Waals surface area contributed by atoms with Crippen LogP contribution in [0, 0.1) is 0 Å². The molecule has 0 aliphatic carbocycles. The maximum atomic E-state index is 12.1. The van der Waals surface area contributed by atoms with Gasteiger partial charge in [-0.05, 0) is 37.6 Å². The number of hydrogen-bond donors (Lipinski definition) is 2. The molecule has 2 N–H and O–H groups in total. The molecule has 0 radical (unpaired) electrons. The number of anilines is 2. The number of benzene rings is 1. The van der Waals surface area contributed by atoms with Crippen LogP contribution in [0.2, 0.25) is 5.02 Å². The molecule has 2 aromatic rings. The maximum Gasteiger partial charge on any atom is 0.341 e. The molecule has 2 rings (SSSR count). The predicted octanol–water partition coefficient (Wildman–Crippen LogP) is 4.78. The number of carbonyl (C=O) groups excluding carboxylic acids is 2. The summed E-state index contributed by atoms with van der Waals surface area (Å²) in [7, 11) is 0. The number of thiophene rings is 1. The number of hydrogen-bond acceptors (Lipinski definition) is 4. The number of nitrogens with one attached hydrogen (secondary N) is 2. The van der Waals surface area contributed by atoms with Gasteiger partial charge in [0.15, 0.2) is 0 Å². The summed E-state index contributed by atoms with van der Waals surface area (Å²) in [6, 6.07) is 8.13. The average Bonchev–Trinajstić information content (AvgIpc) is 2.90. The van der Waals surface area contributed by atoms with Gasteiger partial charge >= 0.3 is 12.0 Å². The van der Waals surface area contributed by atoms with E-state index in [1.54, 1.807) is 37.3 Å². The molecule has 5 nitrogen and oxygen atoms in total. The van der Waals surface area contributed by atoms with Gasteiger partial charge in [-0.1, -0.05) is 24.6 Å². The Labute approximate surface area is 143 Å². The highest BCUT2D eigenvalue weighted by Crippen LogP contribution is 2.29. The van der Waals surface area contributed by atoms with Gasteiger partial charge in [-0.15, -0.1) is 11.3 Å². The largest absolute Gasteiger partial charge is 0.462 e. The van der Waals surface area contributed by atoms with Crippen molar-refractivity contribution in [1.29, 1.82) is 0 Å². The predicted molar refractivity (Wildman–Crippen MR) is 93.7 cm³/mol. The van der Waals surface area contributed by atoms with E-state index in [1.165, 1.54) is 11.3 Å². The van der Waals surface area contributed by atoms with Crippen LogP contribution >= 0.6 is 22.9 Å². The lowest BCUT2D eigenvalue weighted by Gasteiger charge is -2.08. The molecule has 0 aliphatic rings. The maximum absolute atomic E-state index is 12.1. The van der Waals surface area contributed by atoms with Crippen molar-refractivity contribution in [2.45, 2.75) is 20.3 Å². The molecule has 1 aromatic carbocycles. The van der Waals surface area contributed by atoms with E-state index >= 15 is 0 Å². The molecule has 0 spiro atoms. The molecular weight excluding hydrogens is 336 g/mol. The van der Waals surface area contributed by atoms with E-state index in [0.29, 0.717) is 21.3 Å². The molecule has 0 aliphatic heterocycles. The summed E-state index contributed by atoms with van der Waals surface area (Å²) in [6.45, 7) is 4.00. The van der Waals surface area contributed by atoms with Crippen molar-refractivity contribution in [2.75, 3.05) is 17.2 Å². The fourth-order valence-corrected chi connectivity index (χ4v) is 3.07. The number of amides is 2. The molecule has 0 bridgehead atoms. The van der Waals surface area contributed by atoms with Crippen molar-refractivity contribution in [3.05, 3.63) is 45.8 Å². The van der Waals surface area contributed by atoms with Crippen LogP contribution in [0.3, 0.4) is 0 Å². The van der Waals surface area contributed by atoms with Gasteiger partial charge in [-0.25, -0.2) is 9.59 Å². The van der Waals surface area contributed by atoms with Gasteiger partial charge in [0.25, 0.3) is 0 Å². The molecular formula is C16H17ClN2O3S. The van der Waals surface area contributed by atoms with Gasteiger partial charge in [0.2, 0.25) is 0 Å². The number of urea groups is 1. The van der Waals surface area contributed by atoms with E-state index < -0.39 is 12.0 Å².